The van der Waals surface area contributed by atoms with E-state index >= 15 is 0 Å². The maximum absolute atomic E-state index is 12.7. The third-order valence-corrected chi connectivity index (χ3v) is 7.27. The Morgan fingerprint density at radius 3 is 2.52 bits per heavy atom. The summed E-state index contributed by atoms with van der Waals surface area (Å²) in [5.41, 5.74) is 6.84. The summed E-state index contributed by atoms with van der Waals surface area (Å²) in [6.07, 6.45) is 2.74. The van der Waals surface area contributed by atoms with Crippen molar-refractivity contribution < 1.29 is 22.7 Å². The number of amides is 1. The van der Waals surface area contributed by atoms with Crippen LogP contribution in [0.25, 0.3) is 0 Å². The zero-order valence-corrected chi connectivity index (χ0v) is 18.7. The van der Waals surface area contributed by atoms with Gasteiger partial charge in [0.2, 0.25) is 5.91 Å². The van der Waals surface area contributed by atoms with E-state index in [2.05, 4.69) is 4.72 Å². The third kappa shape index (κ3) is 6.94. The average molecular weight is 460 g/mol. The minimum Gasteiger partial charge on any atom is -0.491 e. The van der Waals surface area contributed by atoms with Crippen molar-refractivity contribution in [1.82, 2.24) is 4.90 Å². The number of rotatable bonds is 9. The lowest BCUT2D eigenvalue weighted by Gasteiger charge is -2.38. The molecule has 3 rings (SSSR count). The van der Waals surface area contributed by atoms with Crippen molar-refractivity contribution >= 4 is 23.5 Å². The van der Waals surface area contributed by atoms with Gasteiger partial charge < -0.3 is 20.1 Å². The van der Waals surface area contributed by atoms with Crippen molar-refractivity contribution in [2.45, 2.75) is 63.2 Å². The fourth-order valence-corrected chi connectivity index (χ4v) is 4.74. The molecule has 0 radical (unpaired) electrons. The van der Waals surface area contributed by atoms with Crippen molar-refractivity contribution in [3.05, 3.63) is 24.3 Å². The van der Waals surface area contributed by atoms with Crippen LogP contribution < -0.4 is 15.2 Å². The molecule has 5 nitrogen and oxygen atoms in total. The Hall–Kier alpha value is -1.61. The second-order valence-corrected chi connectivity index (χ2v) is 9.44. The summed E-state index contributed by atoms with van der Waals surface area (Å²) in [6, 6.07) is 6.93. The van der Waals surface area contributed by atoms with Crippen molar-refractivity contribution in [3.63, 3.8) is 0 Å². The van der Waals surface area contributed by atoms with Gasteiger partial charge in [-0.15, -0.1) is 0 Å². The summed E-state index contributed by atoms with van der Waals surface area (Å²) in [5, 5.41) is 0. The van der Waals surface area contributed by atoms with Crippen molar-refractivity contribution in [2.75, 3.05) is 24.1 Å². The van der Waals surface area contributed by atoms with Crippen molar-refractivity contribution in [2.24, 2.45) is 17.6 Å². The summed E-state index contributed by atoms with van der Waals surface area (Å²) in [6.45, 7) is 0.501. The van der Waals surface area contributed by atoms with Crippen LogP contribution in [0.2, 0.25) is 0 Å². The van der Waals surface area contributed by atoms with Gasteiger partial charge in [-0.2, -0.15) is 13.2 Å². The highest BCUT2D eigenvalue weighted by Gasteiger charge is 2.34. The topological polar surface area (TPSA) is 67.6 Å². The van der Waals surface area contributed by atoms with Gasteiger partial charge in [0.1, 0.15) is 11.5 Å². The molecule has 1 aromatic rings. The molecule has 1 aromatic carbocycles. The van der Waals surface area contributed by atoms with Crippen LogP contribution >= 0.6 is 11.9 Å². The number of nitrogens with zero attached hydrogens (tertiary/aromatic N) is 1. The molecule has 31 heavy (non-hydrogen) atoms. The van der Waals surface area contributed by atoms with Gasteiger partial charge in [0.15, 0.2) is 0 Å². The molecule has 0 aromatic heterocycles. The molecule has 2 saturated carbocycles. The van der Waals surface area contributed by atoms with E-state index in [0.717, 1.165) is 38.5 Å². The first-order valence-corrected chi connectivity index (χ1v) is 11.9. The molecular weight excluding hydrogens is 427 g/mol. The zero-order valence-electron chi connectivity index (χ0n) is 17.9. The molecule has 0 bridgehead atoms. The van der Waals surface area contributed by atoms with Crippen LogP contribution in [0.1, 0.15) is 44.9 Å². The largest absolute Gasteiger partial charge is 0.491 e. The minimum absolute atomic E-state index is 0.0563. The van der Waals surface area contributed by atoms with E-state index < -0.39 is 18.0 Å². The molecule has 0 heterocycles. The molecule has 2 aliphatic carbocycles. The number of benzene rings is 1. The Morgan fingerprint density at radius 2 is 1.90 bits per heavy atom. The highest BCUT2D eigenvalue weighted by Crippen LogP contribution is 2.34. The standard InChI is InChI=1S/C22H32F3N3O2S/c1-28(17-5-4-6-17)21(29)20(26)16-11-9-15(10-12-16)13-30-19-8-3-2-7-18(19)27-31-14-22(23,24)25/h2-3,7-8,15-17,20,27H,4-6,9-14,26H2,1H3/t15?,16?,20-/m0/s1. The van der Waals surface area contributed by atoms with E-state index in [9.17, 15) is 18.0 Å². The smallest absolute Gasteiger partial charge is 0.399 e. The molecule has 2 aliphatic rings. The lowest BCUT2D eigenvalue weighted by atomic mass is 9.78. The molecule has 0 aliphatic heterocycles. The molecule has 3 N–H and O–H groups in total. The highest BCUT2D eigenvalue weighted by molar-refractivity contribution is 8.00. The normalized spacial score (nSPS) is 23.0. The van der Waals surface area contributed by atoms with Gasteiger partial charge in [-0.05, 0) is 80.9 Å². The molecule has 0 saturated heterocycles. The zero-order chi connectivity index (χ0) is 22.4. The van der Waals surface area contributed by atoms with Crippen molar-refractivity contribution in [3.8, 4) is 5.75 Å². The summed E-state index contributed by atoms with van der Waals surface area (Å²) in [5.74, 6) is 0.173. The number of hydrogen-bond acceptors (Lipinski definition) is 5. The van der Waals surface area contributed by atoms with E-state index in [0.29, 0.717) is 42.0 Å². The van der Waals surface area contributed by atoms with Gasteiger partial charge in [0.05, 0.1) is 18.3 Å². The van der Waals surface area contributed by atoms with Gasteiger partial charge in [0.25, 0.3) is 0 Å². The Labute approximate surface area is 186 Å². The molecular formula is C22H32F3N3O2S. The van der Waals surface area contributed by atoms with E-state index in [4.69, 9.17) is 10.5 Å². The number of halogens is 3. The predicted molar refractivity (Wildman–Crippen MR) is 118 cm³/mol. The van der Waals surface area contributed by atoms with Crippen molar-refractivity contribution in [1.29, 1.82) is 0 Å². The van der Waals surface area contributed by atoms with E-state index in [1.54, 1.807) is 24.3 Å². The second-order valence-electron chi connectivity index (χ2n) is 8.65. The third-order valence-electron chi connectivity index (χ3n) is 6.43. The van der Waals surface area contributed by atoms with E-state index in [1.165, 1.54) is 6.42 Å². The van der Waals surface area contributed by atoms with Gasteiger partial charge in [-0.25, -0.2) is 0 Å². The molecule has 1 amide bonds. The predicted octanol–water partition coefficient (Wildman–Crippen LogP) is 4.83. The molecule has 0 spiro atoms. The molecule has 174 valence electrons. The molecule has 0 unspecified atom stereocenters. The lowest BCUT2D eigenvalue weighted by molar-refractivity contribution is -0.136. The SMILES string of the molecule is CN(C(=O)[C@@H](N)C1CCC(COc2ccccc2NSCC(F)(F)F)CC1)C1CCC1. The summed E-state index contributed by atoms with van der Waals surface area (Å²) in [4.78, 5) is 14.5. The lowest BCUT2D eigenvalue weighted by Crippen LogP contribution is -2.52. The van der Waals surface area contributed by atoms with E-state index in [1.807, 2.05) is 11.9 Å². The van der Waals surface area contributed by atoms with Crippen LogP contribution in [-0.4, -0.2) is 48.5 Å². The number of ether oxygens (including phenoxy) is 1. The first-order valence-electron chi connectivity index (χ1n) is 10.9. The van der Waals surface area contributed by atoms with Crippen LogP contribution in [0.15, 0.2) is 24.3 Å². The maximum Gasteiger partial charge on any atom is 0.399 e. The highest BCUT2D eigenvalue weighted by atomic mass is 32.2. The number of anilines is 1. The fraction of sp³-hybridized carbons (Fsp3) is 0.682. The van der Waals surface area contributed by atoms with Crippen LogP contribution in [-0.2, 0) is 4.79 Å². The van der Waals surface area contributed by atoms with Gasteiger partial charge in [-0.1, -0.05) is 12.1 Å². The summed E-state index contributed by atoms with van der Waals surface area (Å²) >= 11 is 0.600. The van der Waals surface area contributed by atoms with Crippen LogP contribution in [0.3, 0.4) is 0 Å². The van der Waals surface area contributed by atoms with Crippen LogP contribution in [0.5, 0.6) is 5.75 Å². The number of carbonyl (C=O) groups excluding carboxylic acids is 1. The fourth-order valence-electron chi connectivity index (χ4n) is 4.18. The van der Waals surface area contributed by atoms with Gasteiger partial charge in [-0.3, -0.25) is 4.79 Å². The number of nitrogens with one attached hydrogen (secondary N) is 1. The van der Waals surface area contributed by atoms with Gasteiger partial charge in [0, 0.05) is 13.1 Å². The number of likely N-dealkylation sites (N-methyl/N-ethyl adjacent to an activating group) is 1. The second kappa shape index (κ2) is 10.8. The Balaban J connectivity index is 1.42. The first kappa shape index (κ1) is 24.0. The molecule has 1 atom stereocenters. The number of para-hydroxylation sites is 2. The van der Waals surface area contributed by atoms with Crippen LogP contribution in [0, 0.1) is 11.8 Å². The van der Waals surface area contributed by atoms with E-state index in [-0.39, 0.29) is 11.8 Å². The quantitative estimate of drug-likeness (QED) is 0.518. The molecule has 9 heteroatoms. The minimum atomic E-state index is -4.22. The Morgan fingerprint density at radius 1 is 1.23 bits per heavy atom. The van der Waals surface area contributed by atoms with Crippen LogP contribution in [0.4, 0.5) is 18.9 Å². The first-order chi connectivity index (χ1) is 14.7. The number of hydrogen-bond donors (Lipinski definition) is 2. The molecule has 2 fully saturated rings. The summed E-state index contributed by atoms with van der Waals surface area (Å²) in [7, 11) is 1.87. The number of alkyl halides is 3. The monoisotopic (exact) mass is 459 g/mol. The number of nitrogens with two attached hydrogens (primary N) is 1. The Kier molecular flexibility index (Phi) is 8.38. The average Bonchev–Trinajstić information content (AvgIpc) is 2.70. The Bertz CT molecular complexity index is 722. The number of carbonyl (C=O) groups is 1. The summed E-state index contributed by atoms with van der Waals surface area (Å²) < 4.78 is 45.8. The van der Waals surface area contributed by atoms with Gasteiger partial charge >= 0.3 is 6.18 Å². The maximum atomic E-state index is 12.7.